The van der Waals surface area contributed by atoms with Crippen molar-refractivity contribution < 1.29 is 14.3 Å². The third-order valence-corrected chi connectivity index (χ3v) is 2.32. The smallest absolute Gasteiger partial charge is 0.329 e. The van der Waals surface area contributed by atoms with Gasteiger partial charge in [0, 0.05) is 6.54 Å². The number of anilines is 1. The highest BCUT2D eigenvalue weighted by molar-refractivity contribution is 6.20. The van der Waals surface area contributed by atoms with Crippen LogP contribution in [0.3, 0.4) is 0 Å². The monoisotopic (exact) mass is 235 g/mol. The highest BCUT2D eigenvalue weighted by Gasteiger charge is 2.31. The topological polar surface area (TPSA) is 84.7 Å². The number of imide groups is 1. The van der Waals surface area contributed by atoms with Crippen molar-refractivity contribution >= 4 is 17.6 Å². The van der Waals surface area contributed by atoms with Gasteiger partial charge in [-0.05, 0) is 12.1 Å². The van der Waals surface area contributed by atoms with Crippen LogP contribution in [0.5, 0.6) is 5.75 Å². The van der Waals surface area contributed by atoms with Gasteiger partial charge in [0.2, 0.25) is 0 Å². The van der Waals surface area contributed by atoms with Gasteiger partial charge < -0.3 is 15.8 Å². The SMILES string of the molecule is NCCOc1ccccc1N1C(=O)CNC1=O. The first-order chi connectivity index (χ1) is 8.24. The molecule has 1 aromatic carbocycles. The van der Waals surface area contributed by atoms with Gasteiger partial charge in [-0.3, -0.25) is 4.79 Å². The summed E-state index contributed by atoms with van der Waals surface area (Å²) in [6.07, 6.45) is 0. The summed E-state index contributed by atoms with van der Waals surface area (Å²) in [6, 6.07) is 6.44. The Morgan fingerprint density at radius 2 is 2.12 bits per heavy atom. The summed E-state index contributed by atoms with van der Waals surface area (Å²) < 4.78 is 5.40. The lowest BCUT2D eigenvalue weighted by Gasteiger charge is -2.16. The van der Waals surface area contributed by atoms with Crippen molar-refractivity contribution in [2.45, 2.75) is 0 Å². The Hall–Kier alpha value is -2.08. The van der Waals surface area contributed by atoms with Crippen molar-refractivity contribution in [3.05, 3.63) is 24.3 Å². The maximum atomic E-state index is 11.6. The largest absolute Gasteiger partial charge is 0.490 e. The maximum absolute atomic E-state index is 11.6. The number of urea groups is 1. The van der Waals surface area contributed by atoms with Gasteiger partial charge in [-0.2, -0.15) is 0 Å². The highest BCUT2D eigenvalue weighted by Crippen LogP contribution is 2.29. The molecule has 1 aliphatic heterocycles. The number of nitrogens with one attached hydrogen (secondary N) is 1. The summed E-state index contributed by atoms with van der Waals surface area (Å²) in [6.45, 7) is 0.721. The number of nitrogens with zero attached hydrogens (tertiary/aromatic N) is 1. The molecule has 3 N–H and O–H groups in total. The van der Waals surface area contributed by atoms with Crippen molar-refractivity contribution in [1.29, 1.82) is 0 Å². The Kier molecular flexibility index (Phi) is 3.24. The fourth-order valence-corrected chi connectivity index (χ4v) is 1.60. The number of hydrogen-bond donors (Lipinski definition) is 2. The van der Waals surface area contributed by atoms with Gasteiger partial charge in [0.25, 0.3) is 5.91 Å². The molecule has 0 saturated carbocycles. The van der Waals surface area contributed by atoms with E-state index in [0.717, 1.165) is 4.90 Å². The molecule has 0 spiro atoms. The van der Waals surface area contributed by atoms with E-state index in [9.17, 15) is 9.59 Å². The van der Waals surface area contributed by atoms with Crippen molar-refractivity contribution in [3.63, 3.8) is 0 Å². The van der Waals surface area contributed by atoms with Gasteiger partial charge in [0.15, 0.2) is 0 Å². The van der Waals surface area contributed by atoms with Gasteiger partial charge >= 0.3 is 6.03 Å². The van der Waals surface area contributed by atoms with E-state index >= 15 is 0 Å². The predicted octanol–water partition coefficient (Wildman–Crippen LogP) is 0.0803. The van der Waals surface area contributed by atoms with E-state index < -0.39 is 6.03 Å². The standard InChI is InChI=1S/C11H13N3O3/c12-5-6-17-9-4-2-1-3-8(9)14-10(15)7-13-11(14)16/h1-4H,5-7,12H2,(H,13,16). The van der Waals surface area contributed by atoms with Crippen molar-refractivity contribution in [1.82, 2.24) is 5.32 Å². The highest BCUT2D eigenvalue weighted by atomic mass is 16.5. The zero-order valence-electron chi connectivity index (χ0n) is 9.18. The Morgan fingerprint density at radius 3 is 2.76 bits per heavy atom. The first-order valence-electron chi connectivity index (χ1n) is 5.26. The van der Waals surface area contributed by atoms with Crippen LogP contribution in [0.1, 0.15) is 0 Å². The minimum Gasteiger partial charge on any atom is -0.490 e. The van der Waals surface area contributed by atoms with Crippen LogP contribution in [-0.4, -0.2) is 31.6 Å². The van der Waals surface area contributed by atoms with E-state index in [1.807, 2.05) is 0 Å². The number of carbonyl (C=O) groups excluding carboxylic acids is 2. The molecular formula is C11H13N3O3. The van der Waals surface area contributed by atoms with Crippen LogP contribution >= 0.6 is 0 Å². The minimum absolute atomic E-state index is 0.0179. The fraction of sp³-hybridized carbons (Fsp3) is 0.273. The second kappa shape index (κ2) is 4.84. The molecule has 2 rings (SSSR count). The second-order valence-corrected chi connectivity index (χ2v) is 3.49. The molecule has 0 aromatic heterocycles. The number of para-hydroxylation sites is 2. The van der Waals surface area contributed by atoms with Gasteiger partial charge in [-0.1, -0.05) is 12.1 Å². The van der Waals surface area contributed by atoms with E-state index in [4.69, 9.17) is 10.5 Å². The molecular weight excluding hydrogens is 222 g/mol. The summed E-state index contributed by atoms with van der Waals surface area (Å²) in [5, 5.41) is 2.46. The molecule has 1 aliphatic rings. The lowest BCUT2D eigenvalue weighted by molar-refractivity contribution is -0.115. The van der Waals surface area contributed by atoms with E-state index in [2.05, 4.69) is 5.32 Å². The van der Waals surface area contributed by atoms with Gasteiger partial charge in [-0.15, -0.1) is 0 Å². The first-order valence-corrected chi connectivity index (χ1v) is 5.26. The number of carbonyl (C=O) groups is 2. The molecule has 6 heteroatoms. The van der Waals surface area contributed by atoms with Crippen LogP contribution in [0.2, 0.25) is 0 Å². The normalized spacial score (nSPS) is 15.0. The fourth-order valence-electron chi connectivity index (χ4n) is 1.60. The quantitative estimate of drug-likeness (QED) is 0.724. The Bertz CT molecular complexity index is 431. The Labute approximate surface area is 98.3 Å². The molecule has 0 atom stereocenters. The number of benzene rings is 1. The summed E-state index contributed by atoms with van der Waals surface area (Å²) >= 11 is 0. The van der Waals surface area contributed by atoms with Crippen LogP contribution < -0.4 is 20.7 Å². The molecule has 0 bridgehead atoms. The summed E-state index contributed by atoms with van der Waals surface area (Å²) in [7, 11) is 0. The van der Waals surface area contributed by atoms with Crippen LogP contribution in [0, 0.1) is 0 Å². The van der Waals surface area contributed by atoms with Crippen molar-refractivity contribution in [2.24, 2.45) is 5.73 Å². The molecule has 6 nitrogen and oxygen atoms in total. The van der Waals surface area contributed by atoms with E-state index in [1.165, 1.54) is 0 Å². The zero-order valence-corrected chi connectivity index (χ0v) is 9.18. The first kappa shape index (κ1) is 11.4. The second-order valence-electron chi connectivity index (χ2n) is 3.49. The predicted molar refractivity (Wildman–Crippen MR) is 61.9 cm³/mol. The number of ether oxygens (including phenoxy) is 1. The molecule has 0 unspecified atom stereocenters. The molecule has 17 heavy (non-hydrogen) atoms. The Morgan fingerprint density at radius 1 is 1.35 bits per heavy atom. The van der Waals surface area contributed by atoms with Crippen LogP contribution in [0.4, 0.5) is 10.5 Å². The van der Waals surface area contributed by atoms with Crippen molar-refractivity contribution in [3.8, 4) is 5.75 Å². The lowest BCUT2D eigenvalue weighted by Crippen LogP contribution is -2.31. The third-order valence-electron chi connectivity index (χ3n) is 2.32. The lowest BCUT2D eigenvalue weighted by atomic mass is 10.2. The van der Waals surface area contributed by atoms with Crippen molar-refractivity contribution in [2.75, 3.05) is 24.6 Å². The molecule has 1 aromatic rings. The Balaban J connectivity index is 2.30. The van der Waals surface area contributed by atoms with E-state index in [1.54, 1.807) is 24.3 Å². The van der Waals surface area contributed by atoms with Gasteiger partial charge in [0.05, 0.1) is 12.2 Å². The molecule has 1 saturated heterocycles. The van der Waals surface area contributed by atoms with E-state index in [0.29, 0.717) is 24.6 Å². The van der Waals surface area contributed by atoms with Gasteiger partial charge in [-0.25, -0.2) is 9.69 Å². The number of rotatable bonds is 4. The molecule has 0 aliphatic carbocycles. The summed E-state index contributed by atoms with van der Waals surface area (Å²) in [5.41, 5.74) is 5.79. The van der Waals surface area contributed by atoms with Gasteiger partial charge in [0.1, 0.15) is 12.4 Å². The number of hydrogen-bond acceptors (Lipinski definition) is 4. The molecule has 1 heterocycles. The number of amides is 3. The molecule has 1 fully saturated rings. The average molecular weight is 235 g/mol. The summed E-state index contributed by atoms with van der Waals surface area (Å²) in [5.74, 6) is 0.183. The molecule has 3 amide bonds. The van der Waals surface area contributed by atoms with Crippen LogP contribution in [0.15, 0.2) is 24.3 Å². The molecule has 90 valence electrons. The number of nitrogens with two attached hydrogens (primary N) is 1. The van der Waals surface area contributed by atoms with Crippen LogP contribution in [0.25, 0.3) is 0 Å². The minimum atomic E-state index is -0.432. The maximum Gasteiger partial charge on any atom is 0.329 e. The van der Waals surface area contributed by atoms with E-state index in [-0.39, 0.29) is 12.5 Å². The third kappa shape index (κ3) is 2.21. The molecule has 0 radical (unpaired) electrons. The summed E-state index contributed by atoms with van der Waals surface area (Å²) in [4.78, 5) is 24.2. The van der Waals surface area contributed by atoms with Crippen LogP contribution in [-0.2, 0) is 4.79 Å². The average Bonchev–Trinajstić information content (AvgIpc) is 2.67. The zero-order chi connectivity index (χ0) is 12.3.